The van der Waals surface area contributed by atoms with Crippen molar-refractivity contribution in [2.24, 2.45) is 0 Å². The second-order valence-corrected chi connectivity index (χ2v) is 8.11. The van der Waals surface area contributed by atoms with Crippen LogP contribution in [0.15, 0.2) is 53.4 Å². The van der Waals surface area contributed by atoms with Crippen LogP contribution in [0.4, 0.5) is 11.5 Å². The van der Waals surface area contributed by atoms with Gasteiger partial charge in [0, 0.05) is 23.6 Å². The third kappa shape index (κ3) is 4.34. The van der Waals surface area contributed by atoms with Crippen LogP contribution in [-0.4, -0.2) is 48.2 Å². The normalized spacial score (nSPS) is 14.7. The molecule has 3 heterocycles. The monoisotopic (exact) mass is 432 g/mol. The summed E-state index contributed by atoms with van der Waals surface area (Å²) in [5.74, 6) is 2.92. The van der Waals surface area contributed by atoms with Gasteiger partial charge in [0.1, 0.15) is 17.9 Å². The minimum absolute atomic E-state index is 0.650. The van der Waals surface area contributed by atoms with E-state index in [1.807, 2.05) is 36.4 Å². The number of aromatic nitrogens is 2. The minimum atomic E-state index is 0.650. The summed E-state index contributed by atoms with van der Waals surface area (Å²) in [6.07, 6.45) is 8.21. The quantitative estimate of drug-likeness (QED) is 0.377. The van der Waals surface area contributed by atoms with Crippen molar-refractivity contribution in [3.8, 4) is 22.8 Å². The van der Waals surface area contributed by atoms with E-state index in [4.69, 9.17) is 13.9 Å². The molecule has 0 saturated carbocycles. The van der Waals surface area contributed by atoms with Gasteiger partial charge in [-0.1, -0.05) is 6.42 Å². The lowest BCUT2D eigenvalue weighted by molar-refractivity contribution is 0.203. The molecule has 2 aliphatic heterocycles. The lowest BCUT2D eigenvalue weighted by atomic mass is 10.1. The first-order valence-corrected chi connectivity index (χ1v) is 11.2. The Hall–Kier alpha value is -3.32. The van der Waals surface area contributed by atoms with E-state index in [1.165, 1.54) is 32.4 Å². The summed E-state index contributed by atoms with van der Waals surface area (Å²) >= 11 is 0. The number of rotatable bonds is 8. The van der Waals surface area contributed by atoms with Crippen LogP contribution in [0.25, 0.3) is 22.2 Å². The Morgan fingerprint density at radius 3 is 2.84 bits per heavy atom. The van der Waals surface area contributed by atoms with Gasteiger partial charge in [0.2, 0.25) is 0 Å². The first-order valence-electron chi connectivity index (χ1n) is 11.2. The van der Waals surface area contributed by atoms with Gasteiger partial charge in [-0.15, -0.1) is 0 Å². The number of anilines is 2. The number of benzene rings is 1. The van der Waals surface area contributed by atoms with E-state index in [9.17, 15) is 0 Å². The van der Waals surface area contributed by atoms with Crippen molar-refractivity contribution in [2.45, 2.75) is 25.7 Å². The number of hydrogen-bond donors (Lipinski definition) is 1. The Morgan fingerprint density at radius 2 is 1.97 bits per heavy atom. The maximum Gasteiger partial charge on any atom is 0.163 e. The molecule has 5 rings (SSSR count). The smallest absolute Gasteiger partial charge is 0.163 e. The van der Waals surface area contributed by atoms with E-state index in [2.05, 4.69) is 20.2 Å². The molecule has 3 aliphatic rings. The van der Waals surface area contributed by atoms with E-state index < -0.39 is 0 Å². The van der Waals surface area contributed by atoms with Gasteiger partial charge in [-0.05, 0) is 62.7 Å². The second-order valence-electron chi connectivity index (χ2n) is 8.11. The average molecular weight is 433 g/mol. The van der Waals surface area contributed by atoms with E-state index in [1.54, 1.807) is 19.7 Å². The number of fused-ring (bicyclic) bond motifs is 2. The Labute approximate surface area is 187 Å². The summed E-state index contributed by atoms with van der Waals surface area (Å²) in [4.78, 5) is 11.4. The van der Waals surface area contributed by atoms with Crippen molar-refractivity contribution in [3.05, 3.63) is 49.0 Å². The van der Waals surface area contributed by atoms with Gasteiger partial charge in [-0.2, -0.15) is 0 Å². The predicted octanol–water partition coefficient (Wildman–Crippen LogP) is 5.33. The fourth-order valence-electron chi connectivity index (χ4n) is 4.32. The molecule has 166 valence electrons. The van der Waals surface area contributed by atoms with Crippen LogP contribution < -0.4 is 14.8 Å². The third-order valence-corrected chi connectivity index (χ3v) is 5.99. The predicted molar refractivity (Wildman–Crippen MR) is 125 cm³/mol. The molecule has 7 heteroatoms. The summed E-state index contributed by atoms with van der Waals surface area (Å²) in [6, 6.07) is 11.7. The van der Waals surface area contributed by atoms with Gasteiger partial charge in [0.05, 0.1) is 31.2 Å². The number of nitrogens with one attached hydrogen (secondary N) is 1. The zero-order valence-electron chi connectivity index (χ0n) is 18.3. The van der Waals surface area contributed by atoms with E-state index in [0.717, 1.165) is 40.9 Å². The molecule has 7 nitrogen and oxygen atoms in total. The van der Waals surface area contributed by atoms with Gasteiger partial charge >= 0.3 is 0 Å². The Morgan fingerprint density at radius 1 is 1.06 bits per heavy atom. The molecule has 1 aromatic heterocycles. The van der Waals surface area contributed by atoms with Gasteiger partial charge in [0.15, 0.2) is 11.5 Å². The van der Waals surface area contributed by atoms with Gasteiger partial charge in [-0.3, -0.25) is 0 Å². The molecule has 0 bridgehead atoms. The Bertz CT molecular complexity index is 1150. The molecule has 1 N–H and O–H groups in total. The average Bonchev–Trinajstić information content (AvgIpc) is 3.25. The summed E-state index contributed by atoms with van der Waals surface area (Å²) in [6.45, 7) is 4.14. The van der Waals surface area contributed by atoms with E-state index in [-0.39, 0.29) is 0 Å². The number of ether oxygens (including phenoxy) is 2. The van der Waals surface area contributed by atoms with Crippen molar-refractivity contribution < 1.29 is 13.9 Å². The number of piperidine rings is 1. The lowest BCUT2D eigenvalue weighted by Gasteiger charge is -2.26. The number of hydrogen-bond acceptors (Lipinski definition) is 7. The van der Waals surface area contributed by atoms with Gasteiger partial charge < -0.3 is 24.1 Å². The van der Waals surface area contributed by atoms with Crippen LogP contribution in [-0.2, 0) is 0 Å². The van der Waals surface area contributed by atoms with Gasteiger partial charge in [-0.25, -0.2) is 9.97 Å². The maximum absolute atomic E-state index is 6.09. The van der Waals surface area contributed by atoms with Crippen LogP contribution in [0.3, 0.4) is 0 Å². The van der Waals surface area contributed by atoms with Crippen LogP contribution in [0.2, 0.25) is 0 Å². The molecule has 0 atom stereocenters. The molecule has 2 aromatic rings. The Kier molecular flexibility index (Phi) is 6.07. The molecular formula is C25H28N4O3. The molecule has 32 heavy (non-hydrogen) atoms. The zero-order chi connectivity index (χ0) is 21.8. The molecule has 1 aliphatic carbocycles. The Balaban J connectivity index is 1.33. The molecule has 0 amide bonds. The van der Waals surface area contributed by atoms with Crippen LogP contribution in [0.5, 0.6) is 11.5 Å². The van der Waals surface area contributed by atoms with Crippen molar-refractivity contribution in [1.29, 1.82) is 0 Å². The SMILES string of the molecule is COc1cc2c(Nc3ccc4occcc3-4)ncnc2cc1OCCCN1CCCCC1. The van der Waals surface area contributed by atoms with Crippen molar-refractivity contribution in [1.82, 2.24) is 14.9 Å². The fourth-order valence-corrected chi connectivity index (χ4v) is 4.32. The first kappa shape index (κ1) is 20.6. The lowest BCUT2D eigenvalue weighted by Crippen LogP contribution is -2.31. The highest BCUT2D eigenvalue weighted by Crippen LogP contribution is 2.37. The third-order valence-electron chi connectivity index (χ3n) is 5.99. The summed E-state index contributed by atoms with van der Waals surface area (Å²) < 4.78 is 17.3. The largest absolute Gasteiger partial charge is 0.493 e. The highest BCUT2D eigenvalue weighted by Gasteiger charge is 2.16. The fraction of sp³-hybridized carbons (Fsp3) is 0.360. The molecule has 1 aromatic carbocycles. The summed E-state index contributed by atoms with van der Waals surface area (Å²) in [7, 11) is 1.66. The van der Waals surface area contributed by atoms with Crippen LogP contribution in [0.1, 0.15) is 25.7 Å². The van der Waals surface area contributed by atoms with E-state index in [0.29, 0.717) is 23.9 Å². The van der Waals surface area contributed by atoms with Crippen LogP contribution in [0, 0.1) is 0 Å². The summed E-state index contributed by atoms with van der Waals surface area (Å²) in [5, 5.41) is 4.28. The van der Waals surface area contributed by atoms with Crippen LogP contribution >= 0.6 is 0 Å². The standard InChI is InChI=1S/C25H28N4O3/c1-30-23-15-19-21(16-24(23)32-14-6-12-29-10-3-2-4-11-29)26-17-27-25(19)28-20-8-9-22-18(20)7-5-13-31-22/h5,7-9,13,15-17H,2-4,6,10-12,14H2,1H3,(H,26,27,28). The number of methoxy groups -OCH3 is 1. The number of likely N-dealkylation sites (tertiary alicyclic amines) is 1. The second kappa shape index (κ2) is 9.44. The topological polar surface area (TPSA) is 72.6 Å². The number of nitrogens with zero attached hydrogens (tertiary/aromatic N) is 3. The molecule has 0 spiro atoms. The highest BCUT2D eigenvalue weighted by molar-refractivity contribution is 5.94. The molecule has 0 radical (unpaired) electrons. The maximum atomic E-state index is 6.09. The molecule has 1 saturated heterocycles. The summed E-state index contributed by atoms with van der Waals surface area (Å²) in [5.41, 5.74) is 2.73. The van der Waals surface area contributed by atoms with Crippen molar-refractivity contribution >= 4 is 22.4 Å². The van der Waals surface area contributed by atoms with Crippen molar-refractivity contribution in [2.75, 3.05) is 38.7 Å². The first-order chi connectivity index (χ1) is 15.8. The van der Waals surface area contributed by atoms with Gasteiger partial charge in [0.25, 0.3) is 0 Å². The zero-order valence-corrected chi connectivity index (χ0v) is 18.3. The van der Waals surface area contributed by atoms with E-state index >= 15 is 0 Å². The minimum Gasteiger partial charge on any atom is -0.493 e. The molecular weight excluding hydrogens is 404 g/mol. The van der Waals surface area contributed by atoms with Crippen molar-refractivity contribution in [3.63, 3.8) is 0 Å². The molecule has 0 unspecified atom stereocenters. The highest BCUT2D eigenvalue weighted by atomic mass is 16.5. The molecule has 1 fully saturated rings.